The van der Waals surface area contributed by atoms with Gasteiger partial charge in [0, 0.05) is 10.2 Å². The molecule has 0 radical (unpaired) electrons. The van der Waals surface area contributed by atoms with Crippen molar-refractivity contribution in [2.45, 2.75) is 6.92 Å². The average molecular weight is 359 g/mol. The smallest absolute Gasteiger partial charge is 0.335 e. The van der Waals surface area contributed by atoms with Crippen LogP contribution in [-0.4, -0.2) is 11.1 Å². The first-order valence-electron chi connectivity index (χ1n) is 5.64. The fraction of sp³-hybridized carbons (Fsp3) is 0.0714. The quantitative estimate of drug-likeness (QED) is 0.812. The molecule has 3 nitrogen and oxygen atoms in total. The molecule has 0 aromatic heterocycles. The molecule has 0 amide bonds. The fourth-order valence-electron chi connectivity index (χ4n) is 1.73. The van der Waals surface area contributed by atoms with E-state index in [4.69, 9.17) is 16.7 Å². The lowest BCUT2D eigenvalue weighted by Gasteiger charge is -2.13. The van der Waals surface area contributed by atoms with Crippen LogP contribution in [0, 0.1) is 12.7 Å². The normalized spacial score (nSPS) is 10.4. The topological polar surface area (TPSA) is 49.3 Å². The van der Waals surface area contributed by atoms with Crippen LogP contribution < -0.4 is 5.32 Å². The Hall–Kier alpha value is -1.59. The maximum absolute atomic E-state index is 13.2. The van der Waals surface area contributed by atoms with E-state index in [2.05, 4.69) is 21.2 Å². The van der Waals surface area contributed by atoms with Crippen LogP contribution in [0.1, 0.15) is 15.9 Å². The molecule has 104 valence electrons. The first-order valence-corrected chi connectivity index (χ1v) is 6.81. The third-order valence-corrected chi connectivity index (χ3v) is 3.66. The van der Waals surface area contributed by atoms with Gasteiger partial charge in [-0.15, -0.1) is 0 Å². The summed E-state index contributed by atoms with van der Waals surface area (Å²) >= 11 is 9.23. The summed E-state index contributed by atoms with van der Waals surface area (Å²) in [6, 6.07) is 7.19. The molecular formula is C14H10BrClFNO2. The highest BCUT2D eigenvalue weighted by molar-refractivity contribution is 9.10. The largest absolute Gasteiger partial charge is 0.478 e. The maximum Gasteiger partial charge on any atom is 0.335 e. The summed E-state index contributed by atoms with van der Waals surface area (Å²) in [4.78, 5) is 10.9. The molecule has 2 rings (SSSR count). The first kappa shape index (κ1) is 14.8. The van der Waals surface area contributed by atoms with Crippen molar-refractivity contribution >= 4 is 44.9 Å². The molecular weight excluding hydrogens is 349 g/mol. The van der Waals surface area contributed by atoms with Crippen molar-refractivity contribution in [1.82, 2.24) is 0 Å². The Balaban J connectivity index is 2.38. The van der Waals surface area contributed by atoms with Gasteiger partial charge in [0.2, 0.25) is 0 Å². The standard InChI is InChI=1S/C14H10BrClFNO2/c1-7-4-8(14(19)20)2-3-12(7)18-13-10(15)5-9(17)6-11(13)16/h2-6,18H,1H3,(H,19,20). The molecule has 0 aliphatic heterocycles. The molecule has 0 aliphatic rings. The minimum Gasteiger partial charge on any atom is -0.478 e. The third-order valence-electron chi connectivity index (χ3n) is 2.74. The lowest BCUT2D eigenvalue weighted by Crippen LogP contribution is -2.00. The number of aromatic carboxylic acids is 1. The van der Waals surface area contributed by atoms with Gasteiger partial charge in [0.25, 0.3) is 0 Å². The molecule has 0 bridgehead atoms. The number of hydrogen-bond donors (Lipinski definition) is 2. The monoisotopic (exact) mass is 357 g/mol. The molecule has 0 fully saturated rings. The number of halogens is 3. The van der Waals surface area contributed by atoms with Crippen molar-refractivity contribution in [3.8, 4) is 0 Å². The zero-order valence-corrected chi connectivity index (χ0v) is 12.7. The molecule has 6 heteroatoms. The van der Waals surface area contributed by atoms with E-state index in [1.165, 1.54) is 18.2 Å². The number of nitrogens with one attached hydrogen (secondary N) is 1. The van der Waals surface area contributed by atoms with Crippen molar-refractivity contribution in [3.63, 3.8) is 0 Å². The summed E-state index contributed by atoms with van der Waals surface area (Å²) in [6.07, 6.45) is 0. The Morgan fingerprint density at radius 3 is 2.60 bits per heavy atom. The Morgan fingerprint density at radius 2 is 2.05 bits per heavy atom. The van der Waals surface area contributed by atoms with Crippen molar-refractivity contribution in [2.24, 2.45) is 0 Å². The van der Waals surface area contributed by atoms with Crippen molar-refractivity contribution in [2.75, 3.05) is 5.32 Å². The number of hydrogen-bond acceptors (Lipinski definition) is 2. The Bertz CT molecular complexity index is 668. The van der Waals surface area contributed by atoms with E-state index in [0.717, 1.165) is 5.56 Å². The zero-order chi connectivity index (χ0) is 14.9. The second-order valence-electron chi connectivity index (χ2n) is 4.20. The van der Waals surface area contributed by atoms with E-state index in [1.54, 1.807) is 19.1 Å². The number of benzene rings is 2. The van der Waals surface area contributed by atoms with Crippen molar-refractivity contribution < 1.29 is 14.3 Å². The number of carboxylic acid groups (broad SMARTS) is 1. The van der Waals surface area contributed by atoms with Gasteiger partial charge in [-0.05, 0) is 58.7 Å². The number of carbonyl (C=O) groups is 1. The molecule has 0 saturated heterocycles. The van der Waals surface area contributed by atoms with Crippen molar-refractivity contribution in [1.29, 1.82) is 0 Å². The average Bonchev–Trinajstić information content (AvgIpc) is 2.34. The van der Waals surface area contributed by atoms with Gasteiger partial charge >= 0.3 is 5.97 Å². The molecule has 0 aliphatic carbocycles. The number of anilines is 2. The van der Waals surface area contributed by atoms with Crippen LogP contribution in [-0.2, 0) is 0 Å². The number of aryl methyl sites for hydroxylation is 1. The molecule has 0 unspecified atom stereocenters. The molecule has 2 aromatic carbocycles. The number of rotatable bonds is 3. The van der Waals surface area contributed by atoms with Gasteiger partial charge in [-0.2, -0.15) is 0 Å². The van der Waals surface area contributed by atoms with Crippen LogP contribution in [0.3, 0.4) is 0 Å². The van der Waals surface area contributed by atoms with Crippen molar-refractivity contribution in [3.05, 3.63) is 56.8 Å². The lowest BCUT2D eigenvalue weighted by molar-refractivity contribution is 0.0697. The molecule has 0 atom stereocenters. The minimum absolute atomic E-state index is 0.206. The highest BCUT2D eigenvalue weighted by atomic mass is 79.9. The van der Waals surface area contributed by atoms with E-state index in [0.29, 0.717) is 15.8 Å². The lowest BCUT2D eigenvalue weighted by atomic mass is 10.1. The van der Waals surface area contributed by atoms with E-state index < -0.39 is 11.8 Å². The fourth-order valence-corrected chi connectivity index (χ4v) is 2.63. The van der Waals surface area contributed by atoms with Gasteiger partial charge in [-0.3, -0.25) is 0 Å². The van der Waals surface area contributed by atoms with Gasteiger partial charge in [0.1, 0.15) is 5.82 Å². The second-order valence-corrected chi connectivity index (χ2v) is 5.47. The summed E-state index contributed by atoms with van der Waals surface area (Å²) in [6.45, 7) is 1.78. The Morgan fingerprint density at radius 1 is 1.35 bits per heavy atom. The van der Waals surface area contributed by atoms with Crippen LogP contribution in [0.25, 0.3) is 0 Å². The van der Waals surface area contributed by atoms with Gasteiger partial charge < -0.3 is 10.4 Å². The predicted molar refractivity (Wildman–Crippen MR) is 80.5 cm³/mol. The Labute approximate surface area is 128 Å². The van der Waals surface area contributed by atoms with E-state index in [9.17, 15) is 9.18 Å². The van der Waals surface area contributed by atoms with Crippen LogP contribution in [0.4, 0.5) is 15.8 Å². The second kappa shape index (κ2) is 5.81. The van der Waals surface area contributed by atoms with Gasteiger partial charge in [-0.25, -0.2) is 9.18 Å². The Kier molecular flexibility index (Phi) is 4.30. The molecule has 2 aromatic rings. The summed E-state index contributed by atoms with van der Waals surface area (Å²) in [5, 5.41) is 12.2. The SMILES string of the molecule is Cc1cc(C(=O)O)ccc1Nc1c(Cl)cc(F)cc1Br. The third kappa shape index (κ3) is 3.11. The van der Waals surface area contributed by atoms with Crippen LogP contribution in [0.2, 0.25) is 5.02 Å². The minimum atomic E-state index is -0.986. The molecule has 2 N–H and O–H groups in total. The van der Waals surface area contributed by atoms with Crippen LogP contribution >= 0.6 is 27.5 Å². The van der Waals surface area contributed by atoms with E-state index in [1.807, 2.05) is 0 Å². The van der Waals surface area contributed by atoms with E-state index >= 15 is 0 Å². The summed E-state index contributed by atoms with van der Waals surface area (Å²) < 4.78 is 13.7. The number of carboxylic acids is 1. The molecule has 0 heterocycles. The van der Waals surface area contributed by atoms with Crippen LogP contribution in [0.15, 0.2) is 34.8 Å². The molecule has 20 heavy (non-hydrogen) atoms. The summed E-state index contributed by atoms with van der Waals surface area (Å²) in [5.74, 6) is -1.42. The summed E-state index contributed by atoms with van der Waals surface area (Å²) in [7, 11) is 0. The highest BCUT2D eigenvalue weighted by Gasteiger charge is 2.11. The summed E-state index contributed by atoms with van der Waals surface area (Å²) in [5.41, 5.74) is 2.18. The maximum atomic E-state index is 13.2. The molecule has 0 saturated carbocycles. The van der Waals surface area contributed by atoms with E-state index in [-0.39, 0.29) is 10.6 Å². The zero-order valence-electron chi connectivity index (χ0n) is 10.4. The highest BCUT2D eigenvalue weighted by Crippen LogP contribution is 2.34. The predicted octanol–water partition coefficient (Wildman–Crippen LogP) is 4.99. The van der Waals surface area contributed by atoms with Gasteiger partial charge in [0.05, 0.1) is 16.3 Å². The van der Waals surface area contributed by atoms with Crippen LogP contribution in [0.5, 0.6) is 0 Å². The molecule has 0 spiro atoms. The van der Waals surface area contributed by atoms with Gasteiger partial charge in [0.15, 0.2) is 0 Å². The van der Waals surface area contributed by atoms with Gasteiger partial charge in [-0.1, -0.05) is 11.6 Å². The first-order chi connectivity index (χ1) is 9.38.